The van der Waals surface area contributed by atoms with E-state index in [1.807, 2.05) is 0 Å². The first-order valence-electron chi connectivity index (χ1n) is 7.42. The number of carbonyl (C=O) groups excluding carboxylic acids is 2. The van der Waals surface area contributed by atoms with E-state index in [-0.39, 0.29) is 37.1 Å². The Hall–Kier alpha value is -1.99. The zero-order valence-corrected chi connectivity index (χ0v) is 12.7. The van der Waals surface area contributed by atoms with Crippen LogP contribution in [0.2, 0.25) is 0 Å². The largest absolute Gasteiger partial charge is 0.459 e. The van der Waals surface area contributed by atoms with E-state index >= 15 is 0 Å². The Labute approximate surface area is 131 Å². The first-order chi connectivity index (χ1) is 10.8. The van der Waals surface area contributed by atoms with Gasteiger partial charge in [-0.1, -0.05) is 0 Å². The lowest BCUT2D eigenvalue weighted by molar-refractivity contribution is -0.182. The Morgan fingerprint density at radius 3 is 2.48 bits per heavy atom. The third-order valence-corrected chi connectivity index (χ3v) is 4.01. The van der Waals surface area contributed by atoms with Crippen LogP contribution in [0.1, 0.15) is 36.2 Å². The maximum atomic E-state index is 12.6. The summed E-state index contributed by atoms with van der Waals surface area (Å²) in [5.41, 5.74) is 0. The highest BCUT2D eigenvalue weighted by Gasteiger charge is 2.41. The summed E-state index contributed by atoms with van der Waals surface area (Å²) in [6.45, 7) is -0.168. The van der Waals surface area contributed by atoms with E-state index in [2.05, 4.69) is 5.32 Å². The van der Waals surface area contributed by atoms with Crippen LogP contribution in [0.3, 0.4) is 0 Å². The van der Waals surface area contributed by atoms with Gasteiger partial charge in [0.05, 0.1) is 18.7 Å². The molecule has 0 bridgehead atoms. The SMILES string of the molecule is CN(CC(=O)NC1CCC(C(F)(F)F)CC1)C(=O)c1ccco1. The number of nitrogens with zero attached hydrogens (tertiary/aromatic N) is 1. The van der Waals surface area contributed by atoms with Crippen molar-refractivity contribution in [1.29, 1.82) is 0 Å². The molecule has 0 atom stereocenters. The number of amides is 2. The van der Waals surface area contributed by atoms with Gasteiger partial charge in [0.15, 0.2) is 5.76 Å². The highest BCUT2D eigenvalue weighted by Crippen LogP contribution is 2.37. The quantitative estimate of drug-likeness (QED) is 0.922. The normalized spacial score (nSPS) is 21.7. The summed E-state index contributed by atoms with van der Waals surface area (Å²) in [6, 6.07) is 2.79. The molecule has 1 aliphatic rings. The summed E-state index contributed by atoms with van der Waals surface area (Å²) in [5, 5.41) is 2.69. The Kier molecular flexibility index (Phi) is 5.33. The molecular weight excluding hydrogens is 313 g/mol. The molecule has 1 fully saturated rings. The van der Waals surface area contributed by atoms with Crippen molar-refractivity contribution in [3.8, 4) is 0 Å². The molecule has 1 aromatic rings. The van der Waals surface area contributed by atoms with Gasteiger partial charge >= 0.3 is 6.18 Å². The monoisotopic (exact) mass is 332 g/mol. The second-order valence-corrected chi connectivity index (χ2v) is 5.80. The van der Waals surface area contributed by atoms with Gasteiger partial charge in [-0.25, -0.2) is 0 Å². The third-order valence-electron chi connectivity index (χ3n) is 4.01. The minimum absolute atomic E-state index is 0.0234. The van der Waals surface area contributed by atoms with Crippen LogP contribution < -0.4 is 5.32 Å². The van der Waals surface area contributed by atoms with Gasteiger partial charge in [0.2, 0.25) is 5.91 Å². The standard InChI is InChI=1S/C15H19F3N2O3/c1-20(14(22)12-3-2-8-23-12)9-13(21)19-11-6-4-10(5-7-11)15(16,17)18/h2-3,8,10-11H,4-7,9H2,1H3,(H,19,21). The van der Waals surface area contributed by atoms with E-state index in [0.717, 1.165) is 0 Å². The van der Waals surface area contributed by atoms with Gasteiger partial charge in [-0.2, -0.15) is 13.2 Å². The van der Waals surface area contributed by atoms with Gasteiger partial charge in [0.1, 0.15) is 0 Å². The fourth-order valence-corrected chi connectivity index (χ4v) is 2.71. The van der Waals surface area contributed by atoms with Crippen molar-refractivity contribution in [2.24, 2.45) is 5.92 Å². The fourth-order valence-electron chi connectivity index (χ4n) is 2.71. The summed E-state index contributed by atoms with van der Waals surface area (Å²) in [6.07, 6.45) is -2.16. The Bertz CT molecular complexity index is 535. The Morgan fingerprint density at radius 2 is 1.96 bits per heavy atom. The average molecular weight is 332 g/mol. The minimum Gasteiger partial charge on any atom is -0.459 e. The first kappa shape index (κ1) is 17.4. The van der Waals surface area contributed by atoms with E-state index < -0.39 is 18.0 Å². The summed E-state index contributed by atoms with van der Waals surface area (Å²) >= 11 is 0. The van der Waals surface area contributed by atoms with Gasteiger partial charge in [-0.15, -0.1) is 0 Å². The Balaban J connectivity index is 1.76. The van der Waals surface area contributed by atoms with Crippen molar-refractivity contribution in [3.63, 3.8) is 0 Å². The predicted octanol–water partition coefficient (Wildman–Crippen LogP) is 2.59. The van der Waals surface area contributed by atoms with Crippen LogP contribution in [0.25, 0.3) is 0 Å². The second-order valence-electron chi connectivity index (χ2n) is 5.80. The van der Waals surface area contributed by atoms with Gasteiger partial charge in [0, 0.05) is 13.1 Å². The molecule has 1 heterocycles. The lowest BCUT2D eigenvalue weighted by Crippen LogP contribution is -2.44. The number of furan rings is 1. The zero-order chi connectivity index (χ0) is 17.0. The van der Waals surface area contributed by atoms with E-state index in [0.29, 0.717) is 12.8 Å². The molecule has 128 valence electrons. The van der Waals surface area contributed by atoms with E-state index in [9.17, 15) is 22.8 Å². The number of hydrogen-bond acceptors (Lipinski definition) is 3. The fraction of sp³-hybridized carbons (Fsp3) is 0.600. The second kappa shape index (κ2) is 7.06. The van der Waals surface area contributed by atoms with Crippen molar-refractivity contribution in [2.75, 3.05) is 13.6 Å². The first-order valence-corrected chi connectivity index (χ1v) is 7.42. The van der Waals surface area contributed by atoms with Gasteiger partial charge < -0.3 is 14.6 Å². The van der Waals surface area contributed by atoms with Crippen molar-refractivity contribution in [1.82, 2.24) is 10.2 Å². The maximum Gasteiger partial charge on any atom is 0.391 e. The summed E-state index contributed by atoms with van der Waals surface area (Å²) in [5.74, 6) is -1.96. The predicted molar refractivity (Wildman–Crippen MR) is 75.6 cm³/mol. The highest BCUT2D eigenvalue weighted by atomic mass is 19.4. The molecule has 0 aliphatic heterocycles. The smallest absolute Gasteiger partial charge is 0.391 e. The molecule has 0 unspecified atom stereocenters. The number of alkyl halides is 3. The molecule has 5 nitrogen and oxygen atoms in total. The molecule has 8 heteroatoms. The zero-order valence-electron chi connectivity index (χ0n) is 12.7. The van der Waals surface area contributed by atoms with Crippen LogP contribution in [-0.4, -0.2) is 42.5 Å². The summed E-state index contributed by atoms with van der Waals surface area (Å²) < 4.78 is 42.7. The molecular formula is C15H19F3N2O3. The van der Waals surface area contributed by atoms with E-state index in [4.69, 9.17) is 4.42 Å². The number of rotatable bonds is 4. The molecule has 1 saturated carbocycles. The number of likely N-dealkylation sites (N-methyl/N-ethyl adjacent to an activating group) is 1. The molecule has 2 rings (SSSR count). The molecule has 2 amide bonds. The Morgan fingerprint density at radius 1 is 1.30 bits per heavy atom. The lowest BCUT2D eigenvalue weighted by Gasteiger charge is -2.30. The van der Waals surface area contributed by atoms with Crippen LogP contribution in [0, 0.1) is 5.92 Å². The number of halogens is 3. The molecule has 0 radical (unpaired) electrons. The van der Waals surface area contributed by atoms with Gasteiger partial charge in [0.25, 0.3) is 5.91 Å². The van der Waals surface area contributed by atoms with Crippen LogP contribution in [0.4, 0.5) is 13.2 Å². The lowest BCUT2D eigenvalue weighted by atomic mass is 9.85. The van der Waals surface area contributed by atoms with Crippen molar-refractivity contribution in [2.45, 2.75) is 37.9 Å². The van der Waals surface area contributed by atoms with Crippen LogP contribution >= 0.6 is 0 Å². The van der Waals surface area contributed by atoms with Crippen LogP contribution in [0.15, 0.2) is 22.8 Å². The highest BCUT2D eigenvalue weighted by molar-refractivity contribution is 5.94. The average Bonchev–Trinajstić information content (AvgIpc) is 3.00. The van der Waals surface area contributed by atoms with Crippen molar-refractivity contribution in [3.05, 3.63) is 24.2 Å². The van der Waals surface area contributed by atoms with Crippen molar-refractivity contribution >= 4 is 11.8 Å². The number of hydrogen-bond donors (Lipinski definition) is 1. The maximum absolute atomic E-state index is 12.6. The van der Waals surface area contributed by atoms with Crippen LogP contribution in [0.5, 0.6) is 0 Å². The van der Waals surface area contributed by atoms with Crippen LogP contribution in [-0.2, 0) is 4.79 Å². The number of carbonyl (C=O) groups is 2. The van der Waals surface area contributed by atoms with E-state index in [1.165, 1.54) is 24.3 Å². The summed E-state index contributed by atoms with van der Waals surface area (Å²) in [7, 11) is 1.46. The number of nitrogens with one attached hydrogen (secondary N) is 1. The molecule has 1 aliphatic carbocycles. The molecule has 0 spiro atoms. The topological polar surface area (TPSA) is 62.6 Å². The van der Waals surface area contributed by atoms with Gasteiger partial charge in [-0.3, -0.25) is 9.59 Å². The molecule has 23 heavy (non-hydrogen) atoms. The van der Waals surface area contributed by atoms with E-state index in [1.54, 1.807) is 6.07 Å². The van der Waals surface area contributed by atoms with Crippen molar-refractivity contribution < 1.29 is 27.2 Å². The third kappa shape index (κ3) is 4.74. The molecule has 0 aromatic carbocycles. The molecule has 0 saturated heterocycles. The molecule has 1 N–H and O–H groups in total. The minimum atomic E-state index is -4.16. The summed E-state index contributed by atoms with van der Waals surface area (Å²) in [4.78, 5) is 25.0. The van der Waals surface area contributed by atoms with Gasteiger partial charge in [-0.05, 0) is 37.8 Å². The molecule has 1 aromatic heterocycles.